The third-order valence-corrected chi connectivity index (χ3v) is 3.21. The number of nitrogens with zero attached hydrogens (tertiary/aromatic N) is 1. The van der Waals surface area contributed by atoms with E-state index in [1.54, 1.807) is 0 Å². The highest BCUT2D eigenvalue weighted by molar-refractivity contribution is 5.38. The van der Waals surface area contributed by atoms with E-state index < -0.39 is 0 Å². The molecule has 1 aromatic heterocycles. The second-order valence-corrected chi connectivity index (χ2v) is 4.47. The first-order valence-corrected chi connectivity index (χ1v) is 5.86. The van der Waals surface area contributed by atoms with Gasteiger partial charge < -0.3 is 5.32 Å². The van der Waals surface area contributed by atoms with E-state index in [2.05, 4.69) is 29.5 Å². The van der Waals surface area contributed by atoms with Crippen molar-refractivity contribution in [3.63, 3.8) is 0 Å². The molecule has 0 spiro atoms. The number of rotatable bonds is 1. The van der Waals surface area contributed by atoms with Crippen molar-refractivity contribution in [3.8, 4) is 5.69 Å². The quantitative estimate of drug-likeness (QED) is 0.770. The van der Waals surface area contributed by atoms with Crippen LogP contribution in [-0.4, -0.2) is 16.3 Å². The number of aromatic amines is 1. The molecule has 0 bridgehead atoms. The van der Waals surface area contributed by atoms with E-state index in [9.17, 15) is 4.79 Å². The van der Waals surface area contributed by atoms with Gasteiger partial charge in [0.15, 0.2) is 0 Å². The topological polar surface area (TPSA) is 49.8 Å². The summed E-state index contributed by atoms with van der Waals surface area (Å²) in [5.74, 6) is 0. The van der Waals surface area contributed by atoms with E-state index in [0.717, 1.165) is 36.5 Å². The van der Waals surface area contributed by atoms with Gasteiger partial charge in [0.1, 0.15) is 0 Å². The third-order valence-electron chi connectivity index (χ3n) is 3.21. The zero-order valence-corrected chi connectivity index (χ0v) is 9.79. The van der Waals surface area contributed by atoms with Gasteiger partial charge in [-0.1, -0.05) is 12.1 Å². The molecule has 2 N–H and O–H groups in total. The van der Waals surface area contributed by atoms with E-state index in [1.165, 1.54) is 5.56 Å². The van der Waals surface area contributed by atoms with E-state index >= 15 is 0 Å². The van der Waals surface area contributed by atoms with E-state index in [0.29, 0.717) is 0 Å². The highest BCUT2D eigenvalue weighted by Gasteiger charge is 2.18. The van der Waals surface area contributed by atoms with Gasteiger partial charge in [-0.15, -0.1) is 0 Å². The lowest BCUT2D eigenvalue weighted by Crippen LogP contribution is -2.26. The summed E-state index contributed by atoms with van der Waals surface area (Å²) in [7, 11) is 0. The lowest BCUT2D eigenvalue weighted by molar-refractivity contribution is 0.614. The first-order chi connectivity index (χ1) is 8.25. The predicted octanol–water partition coefficient (Wildman–Crippen LogP) is 1.12. The lowest BCUT2D eigenvalue weighted by Gasteiger charge is -2.15. The Morgan fingerprint density at radius 2 is 2.24 bits per heavy atom. The summed E-state index contributed by atoms with van der Waals surface area (Å²) in [4.78, 5) is 11.8. The van der Waals surface area contributed by atoms with Crippen molar-refractivity contribution in [2.45, 2.75) is 19.9 Å². The van der Waals surface area contributed by atoms with Crippen LogP contribution >= 0.6 is 0 Å². The molecular formula is C13H15N3O. The van der Waals surface area contributed by atoms with Gasteiger partial charge in [0, 0.05) is 12.1 Å². The molecule has 0 atom stereocenters. The Morgan fingerprint density at radius 3 is 3.06 bits per heavy atom. The van der Waals surface area contributed by atoms with Crippen molar-refractivity contribution in [2.75, 3.05) is 6.54 Å². The second kappa shape index (κ2) is 3.89. The molecular weight excluding hydrogens is 214 g/mol. The van der Waals surface area contributed by atoms with Crippen LogP contribution in [0.4, 0.5) is 0 Å². The van der Waals surface area contributed by atoms with Gasteiger partial charge in [0.25, 0.3) is 5.56 Å². The molecule has 2 heterocycles. The Morgan fingerprint density at radius 1 is 1.35 bits per heavy atom. The van der Waals surface area contributed by atoms with Gasteiger partial charge in [0.05, 0.1) is 11.4 Å². The summed E-state index contributed by atoms with van der Waals surface area (Å²) in [6.07, 6.45) is 0.809. The zero-order valence-electron chi connectivity index (χ0n) is 9.79. The highest BCUT2D eigenvalue weighted by Crippen LogP contribution is 2.15. The first-order valence-electron chi connectivity index (χ1n) is 5.86. The molecule has 2 aromatic rings. The SMILES string of the molecule is Cc1cccc(-n2[nH]c(=O)c3c2CNCC3)c1. The summed E-state index contributed by atoms with van der Waals surface area (Å²) in [6.45, 7) is 3.69. The van der Waals surface area contributed by atoms with Crippen LogP contribution in [0.15, 0.2) is 29.1 Å². The summed E-state index contributed by atoms with van der Waals surface area (Å²) < 4.78 is 1.90. The Hall–Kier alpha value is -1.81. The first kappa shape index (κ1) is 10.4. The molecule has 0 radical (unpaired) electrons. The van der Waals surface area contributed by atoms with Gasteiger partial charge in [-0.2, -0.15) is 0 Å². The minimum Gasteiger partial charge on any atom is -0.311 e. The van der Waals surface area contributed by atoms with Crippen molar-refractivity contribution in [2.24, 2.45) is 0 Å². The Labute approximate surface area is 99.3 Å². The van der Waals surface area contributed by atoms with Crippen LogP contribution < -0.4 is 10.9 Å². The largest absolute Gasteiger partial charge is 0.311 e. The molecule has 4 heteroatoms. The maximum Gasteiger partial charge on any atom is 0.267 e. The monoisotopic (exact) mass is 229 g/mol. The van der Waals surface area contributed by atoms with Crippen LogP contribution in [-0.2, 0) is 13.0 Å². The summed E-state index contributed by atoms with van der Waals surface area (Å²) >= 11 is 0. The van der Waals surface area contributed by atoms with Crippen LogP contribution in [0.3, 0.4) is 0 Å². The normalized spacial score (nSPS) is 14.6. The standard InChI is InChI=1S/C13H15N3O/c1-9-3-2-4-10(7-9)16-12-8-14-6-5-11(12)13(17)15-16/h2-4,7,14H,5-6,8H2,1H3,(H,15,17). The average molecular weight is 229 g/mol. The molecule has 0 saturated heterocycles. The molecule has 3 rings (SSSR count). The molecule has 0 fully saturated rings. The molecule has 4 nitrogen and oxygen atoms in total. The van der Waals surface area contributed by atoms with Gasteiger partial charge in [-0.05, 0) is 37.6 Å². The van der Waals surface area contributed by atoms with Crippen LogP contribution in [0.25, 0.3) is 5.69 Å². The summed E-state index contributed by atoms with van der Waals surface area (Å²) in [5, 5.41) is 6.22. The van der Waals surface area contributed by atoms with Crippen LogP contribution in [0.5, 0.6) is 0 Å². The maximum absolute atomic E-state index is 11.8. The van der Waals surface area contributed by atoms with Gasteiger partial charge >= 0.3 is 0 Å². The number of hydrogen-bond donors (Lipinski definition) is 2. The molecule has 0 saturated carbocycles. The van der Waals surface area contributed by atoms with Crippen molar-refractivity contribution in [1.82, 2.24) is 15.1 Å². The van der Waals surface area contributed by atoms with Crippen LogP contribution in [0, 0.1) is 6.92 Å². The number of fused-ring (bicyclic) bond motifs is 1. The van der Waals surface area contributed by atoms with Crippen molar-refractivity contribution in [1.29, 1.82) is 0 Å². The fourth-order valence-corrected chi connectivity index (χ4v) is 2.35. The minimum absolute atomic E-state index is 0.0445. The Balaban J connectivity index is 2.18. The molecule has 88 valence electrons. The number of hydrogen-bond acceptors (Lipinski definition) is 2. The molecule has 1 aliphatic heterocycles. The number of aryl methyl sites for hydroxylation is 1. The number of benzene rings is 1. The number of H-pyrrole nitrogens is 1. The number of nitrogens with one attached hydrogen (secondary N) is 2. The molecule has 0 amide bonds. The predicted molar refractivity (Wildman–Crippen MR) is 66.5 cm³/mol. The zero-order chi connectivity index (χ0) is 11.8. The molecule has 1 aromatic carbocycles. The van der Waals surface area contributed by atoms with Gasteiger partial charge in [-0.3, -0.25) is 14.6 Å². The molecule has 1 aliphatic rings. The van der Waals surface area contributed by atoms with Crippen LogP contribution in [0.2, 0.25) is 0 Å². The van der Waals surface area contributed by atoms with Crippen molar-refractivity contribution in [3.05, 3.63) is 51.4 Å². The molecule has 0 unspecified atom stereocenters. The smallest absolute Gasteiger partial charge is 0.267 e. The maximum atomic E-state index is 11.8. The average Bonchev–Trinajstić information content (AvgIpc) is 2.68. The number of aromatic nitrogens is 2. The fraction of sp³-hybridized carbons (Fsp3) is 0.308. The van der Waals surface area contributed by atoms with E-state index in [1.807, 2.05) is 16.8 Å². The molecule has 0 aliphatic carbocycles. The Kier molecular flexibility index (Phi) is 2.37. The summed E-state index contributed by atoms with van der Waals surface area (Å²) in [5.41, 5.74) is 4.24. The highest BCUT2D eigenvalue weighted by atomic mass is 16.1. The van der Waals surface area contributed by atoms with Gasteiger partial charge in [0.2, 0.25) is 0 Å². The third kappa shape index (κ3) is 1.70. The minimum atomic E-state index is 0.0445. The second-order valence-electron chi connectivity index (χ2n) is 4.47. The molecule has 17 heavy (non-hydrogen) atoms. The van der Waals surface area contributed by atoms with E-state index in [-0.39, 0.29) is 5.56 Å². The van der Waals surface area contributed by atoms with E-state index in [4.69, 9.17) is 0 Å². The van der Waals surface area contributed by atoms with Gasteiger partial charge in [-0.25, -0.2) is 0 Å². The van der Waals surface area contributed by atoms with Crippen molar-refractivity contribution < 1.29 is 0 Å². The fourth-order valence-electron chi connectivity index (χ4n) is 2.35. The van der Waals surface area contributed by atoms with Crippen LogP contribution in [0.1, 0.15) is 16.8 Å². The van der Waals surface area contributed by atoms with Crippen molar-refractivity contribution >= 4 is 0 Å². The Bertz CT molecular complexity index is 609. The summed E-state index contributed by atoms with van der Waals surface area (Å²) in [6, 6.07) is 8.14. The lowest BCUT2D eigenvalue weighted by atomic mass is 10.1.